The van der Waals surface area contributed by atoms with Gasteiger partial charge in [-0.15, -0.1) is 0 Å². The van der Waals surface area contributed by atoms with E-state index in [9.17, 15) is 0 Å². The highest BCUT2D eigenvalue weighted by Crippen LogP contribution is 2.21. The number of unbranched alkanes of at least 4 members (excludes halogenated alkanes) is 1. The lowest BCUT2D eigenvalue weighted by molar-refractivity contribution is 0.415. The molecule has 0 spiro atoms. The standard InChI is InChI=1S/C18H28N2/c1-5-15-9-8-10-16-11-14-20(17(15)16)13-7-6-12-19-18(2,3)4/h8-11,14,19H,5-7,12-13H2,1-4H3. The summed E-state index contributed by atoms with van der Waals surface area (Å²) in [6, 6.07) is 8.87. The molecule has 0 aliphatic rings. The molecule has 1 heterocycles. The van der Waals surface area contributed by atoms with E-state index < -0.39 is 0 Å². The molecule has 0 radical (unpaired) electrons. The molecule has 1 aromatic heterocycles. The molecular formula is C18H28N2. The molecule has 0 saturated carbocycles. The summed E-state index contributed by atoms with van der Waals surface area (Å²) in [7, 11) is 0. The minimum Gasteiger partial charge on any atom is -0.347 e. The van der Waals surface area contributed by atoms with Crippen molar-refractivity contribution in [3.63, 3.8) is 0 Å². The van der Waals surface area contributed by atoms with Crippen LogP contribution in [-0.4, -0.2) is 16.7 Å². The van der Waals surface area contributed by atoms with Crippen LogP contribution in [0.2, 0.25) is 0 Å². The van der Waals surface area contributed by atoms with Gasteiger partial charge < -0.3 is 9.88 Å². The molecule has 2 aromatic rings. The minimum absolute atomic E-state index is 0.232. The van der Waals surface area contributed by atoms with E-state index in [1.807, 2.05) is 0 Å². The number of para-hydroxylation sites is 1. The van der Waals surface area contributed by atoms with Crippen molar-refractivity contribution in [1.82, 2.24) is 9.88 Å². The monoisotopic (exact) mass is 272 g/mol. The first-order valence-electron chi connectivity index (χ1n) is 7.83. The van der Waals surface area contributed by atoms with Crippen LogP contribution >= 0.6 is 0 Å². The van der Waals surface area contributed by atoms with Crippen molar-refractivity contribution in [3.05, 3.63) is 36.0 Å². The van der Waals surface area contributed by atoms with Crippen LogP contribution in [0.15, 0.2) is 30.5 Å². The maximum atomic E-state index is 3.55. The molecule has 0 bridgehead atoms. The van der Waals surface area contributed by atoms with Gasteiger partial charge >= 0.3 is 0 Å². The lowest BCUT2D eigenvalue weighted by Gasteiger charge is -2.20. The highest BCUT2D eigenvalue weighted by Gasteiger charge is 2.08. The van der Waals surface area contributed by atoms with E-state index in [2.05, 4.69) is 68.0 Å². The van der Waals surface area contributed by atoms with Gasteiger partial charge in [0, 0.05) is 18.3 Å². The molecule has 2 nitrogen and oxygen atoms in total. The van der Waals surface area contributed by atoms with Gasteiger partial charge in [-0.2, -0.15) is 0 Å². The van der Waals surface area contributed by atoms with Crippen LogP contribution in [-0.2, 0) is 13.0 Å². The van der Waals surface area contributed by atoms with E-state index in [1.54, 1.807) is 0 Å². The Morgan fingerprint density at radius 3 is 2.60 bits per heavy atom. The third-order valence-electron chi connectivity index (χ3n) is 3.73. The van der Waals surface area contributed by atoms with Crippen molar-refractivity contribution in [2.75, 3.05) is 6.54 Å². The van der Waals surface area contributed by atoms with Crippen LogP contribution in [0.5, 0.6) is 0 Å². The molecule has 2 heteroatoms. The maximum Gasteiger partial charge on any atom is 0.0512 e. The quantitative estimate of drug-likeness (QED) is 0.773. The van der Waals surface area contributed by atoms with Crippen LogP contribution < -0.4 is 5.32 Å². The first kappa shape index (κ1) is 15.1. The Balaban J connectivity index is 1.94. The van der Waals surface area contributed by atoms with Crippen LogP contribution in [0.25, 0.3) is 10.9 Å². The van der Waals surface area contributed by atoms with Gasteiger partial charge in [-0.1, -0.05) is 25.1 Å². The summed E-state index contributed by atoms with van der Waals surface area (Å²) in [5, 5.41) is 4.92. The predicted octanol–water partition coefficient (Wildman–Crippen LogP) is 4.37. The molecule has 0 aliphatic heterocycles. The normalized spacial score (nSPS) is 12.2. The largest absolute Gasteiger partial charge is 0.347 e. The number of hydrogen-bond acceptors (Lipinski definition) is 1. The Bertz CT molecular complexity index is 546. The van der Waals surface area contributed by atoms with E-state index in [0.717, 1.165) is 19.5 Å². The topological polar surface area (TPSA) is 17.0 Å². The summed E-state index contributed by atoms with van der Waals surface area (Å²) in [6.45, 7) is 11.1. The van der Waals surface area contributed by atoms with Crippen LogP contribution in [0.1, 0.15) is 46.1 Å². The summed E-state index contributed by atoms with van der Waals surface area (Å²) >= 11 is 0. The third-order valence-corrected chi connectivity index (χ3v) is 3.73. The van der Waals surface area contributed by atoms with Crippen molar-refractivity contribution in [2.24, 2.45) is 0 Å². The number of rotatable bonds is 6. The Morgan fingerprint density at radius 1 is 1.10 bits per heavy atom. The lowest BCUT2D eigenvalue weighted by atomic mass is 10.1. The second-order valence-electron chi connectivity index (χ2n) is 6.60. The van der Waals surface area contributed by atoms with E-state index in [-0.39, 0.29) is 5.54 Å². The fourth-order valence-electron chi connectivity index (χ4n) is 2.68. The van der Waals surface area contributed by atoms with Gasteiger partial charge in [0.25, 0.3) is 0 Å². The van der Waals surface area contributed by atoms with Crippen LogP contribution in [0.4, 0.5) is 0 Å². The number of nitrogens with one attached hydrogen (secondary N) is 1. The average Bonchev–Trinajstić information content (AvgIpc) is 2.80. The Labute approximate surface area is 123 Å². The highest BCUT2D eigenvalue weighted by molar-refractivity contribution is 5.83. The highest BCUT2D eigenvalue weighted by atomic mass is 15.0. The zero-order chi connectivity index (χ0) is 14.6. The van der Waals surface area contributed by atoms with Gasteiger partial charge in [0.2, 0.25) is 0 Å². The van der Waals surface area contributed by atoms with E-state index in [1.165, 1.54) is 29.3 Å². The number of benzene rings is 1. The SMILES string of the molecule is CCc1cccc2ccn(CCCCNC(C)(C)C)c12. The summed E-state index contributed by atoms with van der Waals surface area (Å²) < 4.78 is 2.42. The molecular weight excluding hydrogens is 244 g/mol. The first-order chi connectivity index (χ1) is 9.51. The number of nitrogens with zero attached hydrogens (tertiary/aromatic N) is 1. The van der Waals surface area contributed by atoms with Gasteiger partial charge in [-0.25, -0.2) is 0 Å². The fourth-order valence-corrected chi connectivity index (χ4v) is 2.68. The number of aryl methyl sites for hydroxylation is 2. The summed E-state index contributed by atoms with van der Waals surface area (Å²) in [4.78, 5) is 0. The molecule has 110 valence electrons. The van der Waals surface area contributed by atoms with Gasteiger partial charge in [0.15, 0.2) is 0 Å². The van der Waals surface area contributed by atoms with Gasteiger partial charge in [0.1, 0.15) is 0 Å². The zero-order valence-electron chi connectivity index (χ0n) is 13.4. The second kappa shape index (κ2) is 6.45. The molecule has 20 heavy (non-hydrogen) atoms. The third kappa shape index (κ3) is 3.86. The molecule has 2 rings (SSSR count). The van der Waals surface area contributed by atoms with Crippen LogP contribution in [0.3, 0.4) is 0 Å². The molecule has 1 N–H and O–H groups in total. The molecule has 0 atom stereocenters. The average molecular weight is 272 g/mol. The van der Waals surface area contributed by atoms with Crippen molar-refractivity contribution >= 4 is 10.9 Å². The number of hydrogen-bond donors (Lipinski definition) is 1. The smallest absolute Gasteiger partial charge is 0.0512 e. The zero-order valence-corrected chi connectivity index (χ0v) is 13.4. The van der Waals surface area contributed by atoms with Crippen molar-refractivity contribution in [1.29, 1.82) is 0 Å². The fraction of sp³-hybridized carbons (Fsp3) is 0.556. The van der Waals surface area contributed by atoms with E-state index >= 15 is 0 Å². The van der Waals surface area contributed by atoms with Crippen LogP contribution in [0, 0.1) is 0 Å². The van der Waals surface area contributed by atoms with Gasteiger partial charge in [-0.3, -0.25) is 0 Å². The maximum absolute atomic E-state index is 3.55. The van der Waals surface area contributed by atoms with Crippen molar-refractivity contribution in [3.8, 4) is 0 Å². The number of fused-ring (bicyclic) bond motifs is 1. The summed E-state index contributed by atoms with van der Waals surface area (Å²) in [6.07, 6.45) is 5.80. The summed E-state index contributed by atoms with van der Waals surface area (Å²) in [5.74, 6) is 0. The Morgan fingerprint density at radius 2 is 1.90 bits per heavy atom. The molecule has 0 saturated heterocycles. The van der Waals surface area contributed by atoms with E-state index in [4.69, 9.17) is 0 Å². The second-order valence-corrected chi connectivity index (χ2v) is 6.60. The molecule has 0 unspecified atom stereocenters. The number of aromatic nitrogens is 1. The molecule has 1 aromatic carbocycles. The van der Waals surface area contributed by atoms with Gasteiger partial charge in [0.05, 0.1) is 5.52 Å². The molecule has 0 amide bonds. The van der Waals surface area contributed by atoms with E-state index in [0.29, 0.717) is 0 Å². The lowest BCUT2D eigenvalue weighted by Crippen LogP contribution is -2.36. The minimum atomic E-state index is 0.232. The molecule has 0 aliphatic carbocycles. The van der Waals surface area contributed by atoms with Crippen molar-refractivity contribution in [2.45, 2.75) is 59.0 Å². The predicted molar refractivity (Wildman–Crippen MR) is 88.3 cm³/mol. The summed E-state index contributed by atoms with van der Waals surface area (Å²) in [5.41, 5.74) is 3.12. The van der Waals surface area contributed by atoms with Crippen molar-refractivity contribution < 1.29 is 0 Å². The Hall–Kier alpha value is -1.28. The van der Waals surface area contributed by atoms with Gasteiger partial charge in [-0.05, 0) is 63.6 Å². The Kier molecular flexibility index (Phi) is 4.87. The first-order valence-corrected chi connectivity index (χ1v) is 7.83. The molecule has 0 fully saturated rings.